The Morgan fingerprint density at radius 1 is 0.974 bits per heavy atom. The molecule has 3 fully saturated rings. The third-order valence-corrected chi connectivity index (χ3v) is 10.6. The lowest BCUT2D eigenvalue weighted by atomic mass is 9.60. The number of esters is 1. The molecule has 3 aliphatic rings. The van der Waals surface area contributed by atoms with Crippen LogP contribution in [0.25, 0.3) is 0 Å². The molecule has 2 heteroatoms. The highest BCUT2D eigenvalue weighted by atomic mass is 16.5. The van der Waals surface area contributed by atoms with E-state index in [1.54, 1.807) is 5.57 Å². The summed E-state index contributed by atoms with van der Waals surface area (Å²) in [6.07, 6.45) is 27.6. The van der Waals surface area contributed by atoms with E-state index >= 15 is 0 Å². The van der Waals surface area contributed by atoms with E-state index in [-0.39, 0.29) is 12.1 Å². The minimum atomic E-state index is 0.00123. The maximum absolute atomic E-state index is 12.5. The second-order valence-electron chi connectivity index (χ2n) is 14.2. The van der Waals surface area contributed by atoms with Crippen LogP contribution >= 0.6 is 0 Å². The predicted octanol–water partition coefficient (Wildman–Crippen LogP) is 11.3. The highest BCUT2D eigenvalue weighted by molar-refractivity contribution is 5.69. The van der Waals surface area contributed by atoms with Crippen molar-refractivity contribution in [1.29, 1.82) is 0 Å². The number of hydrogen-bond donors (Lipinski definition) is 0. The number of carbonyl (C=O) groups excluding carboxylic acids is 1. The highest BCUT2D eigenvalue weighted by Gasteiger charge is 2.50. The van der Waals surface area contributed by atoms with Crippen LogP contribution in [0.3, 0.4) is 0 Å². The number of unbranched alkanes of at least 4 members (excludes halogenated alkanes) is 6. The summed E-state index contributed by atoms with van der Waals surface area (Å²) in [5.74, 6) is 3.28. The molecule has 39 heavy (non-hydrogen) atoms. The molecule has 0 aromatic heterocycles. The van der Waals surface area contributed by atoms with Crippen LogP contribution in [0.4, 0.5) is 0 Å². The Morgan fingerprint density at radius 3 is 2.46 bits per heavy atom. The van der Waals surface area contributed by atoms with Crippen molar-refractivity contribution in [1.82, 2.24) is 0 Å². The van der Waals surface area contributed by atoms with Gasteiger partial charge in [-0.1, -0.05) is 122 Å². The molecule has 0 heterocycles. The van der Waals surface area contributed by atoms with Crippen molar-refractivity contribution in [3.05, 3.63) is 35.5 Å². The number of hydrogen-bond acceptors (Lipinski definition) is 2. The molecule has 5 atom stereocenters. The van der Waals surface area contributed by atoms with Gasteiger partial charge in [0.15, 0.2) is 0 Å². The van der Waals surface area contributed by atoms with Gasteiger partial charge in [0, 0.05) is 12.8 Å². The molecule has 0 saturated heterocycles. The Hall–Kier alpha value is -1.31. The first kappa shape index (κ1) is 32.2. The maximum Gasteiger partial charge on any atom is 0.306 e. The van der Waals surface area contributed by atoms with Gasteiger partial charge in [-0.3, -0.25) is 4.79 Å². The maximum atomic E-state index is 12.5. The minimum Gasteiger partial charge on any atom is -0.462 e. The first-order chi connectivity index (χ1) is 18.7. The van der Waals surface area contributed by atoms with Crippen LogP contribution in [-0.4, -0.2) is 12.1 Å². The quantitative estimate of drug-likeness (QED) is 0.153. The van der Waals surface area contributed by atoms with E-state index in [0.29, 0.717) is 11.8 Å². The third kappa shape index (κ3) is 9.64. The van der Waals surface area contributed by atoms with Crippen LogP contribution in [0, 0.1) is 29.1 Å². The van der Waals surface area contributed by atoms with E-state index in [1.165, 1.54) is 94.6 Å². The van der Waals surface area contributed by atoms with Crippen molar-refractivity contribution in [2.24, 2.45) is 29.1 Å². The standard InChI is InChI=1S/C37H62O2/c1-7-8-9-10-11-12-13-19-36(38)39-33-23-20-29(4)32(27-33)22-21-31-18-15-26-37(6)34(24-25-35(31)37)30(5)17-14-16-28(2)3/h21-22,28,30,33-35H,4,7-20,23-27H2,1-3,5-6H3/b31-21+,32-22-/t30-,33+,34-,35?,37-/m1/s1. The first-order valence-corrected chi connectivity index (χ1v) is 17.0. The minimum absolute atomic E-state index is 0.00123. The molecule has 0 aliphatic heterocycles. The van der Waals surface area contributed by atoms with E-state index in [1.807, 2.05) is 0 Å². The molecule has 0 bridgehead atoms. The Balaban J connectivity index is 1.52. The summed E-state index contributed by atoms with van der Waals surface area (Å²) in [6, 6.07) is 0. The number of carbonyl (C=O) groups is 1. The molecule has 0 spiro atoms. The Labute approximate surface area is 242 Å². The summed E-state index contributed by atoms with van der Waals surface area (Å²) in [4.78, 5) is 12.5. The number of fused-ring (bicyclic) bond motifs is 1. The Bertz CT molecular complexity index is 832. The lowest BCUT2D eigenvalue weighted by Gasteiger charge is -2.44. The average Bonchev–Trinajstić information content (AvgIpc) is 3.25. The molecule has 0 aromatic carbocycles. The van der Waals surface area contributed by atoms with Crippen LogP contribution in [0.1, 0.15) is 157 Å². The average molecular weight is 539 g/mol. The summed E-state index contributed by atoms with van der Waals surface area (Å²) < 4.78 is 5.94. The largest absolute Gasteiger partial charge is 0.462 e. The summed E-state index contributed by atoms with van der Waals surface area (Å²) in [5.41, 5.74) is 4.70. The third-order valence-electron chi connectivity index (χ3n) is 10.6. The van der Waals surface area contributed by atoms with Gasteiger partial charge >= 0.3 is 5.97 Å². The molecule has 3 rings (SSSR count). The molecule has 2 nitrogen and oxygen atoms in total. The monoisotopic (exact) mass is 538 g/mol. The van der Waals surface area contributed by atoms with Gasteiger partial charge in [0.1, 0.15) is 6.10 Å². The fourth-order valence-corrected chi connectivity index (χ4v) is 8.22. The summed E-state index contributed by atoms with van der Waals surface area (Å²) in [6.45, 7) is 16.5. The molecule has 3 aliphatic carbocycles. The lowest BCUT2D eigenvalue weighted by molar-refractivity contribution is -0.149. The highest BCUT2D eigenvalue weighted by Crippen LogP contribution is 2.60. The van der Waals surface area contributed by atoms with E-state index in [9.17, 15) is 4.79 Å². The molecule has 3 saturated carbocycles. The zero-order valence-electron chi connectivity index (χ0n) is 26.5. The fraction of sp³-hybridized carbons (Fsp3) is 0.811. The molecule has 0 radical (unpaired) electrons. The van der Waals surface area contributed by atoms with Gasteiger partial charge in [-0.15, -0.1) is 0 Å². The molecule has 1 unspecified atom stereocenters. The lowest BCUT2D eigenvalue weighted by Crippen LogP contribution is -2.36. The van der Waals surface area contributed by atoms with Crippen molar-refractivity contribution < 1.29 is 9.53 Å². The van der Waals surface area contributed by atoms with Gasteiger partial charge < -0.3 is 4.74 Å². The molecular formula is C37H62O2. The van der Waals surface area contributed by atoms with Crippen molar-refractivity contribution >= 4 is 5.97 Å². The van der Waals surface area contributed by atoms with Gasteiger partial charge in [0.05, 0.1) is 0 Å². The van der Waals surface area contributed by atoms with Gasteiger partial charge in [-0.05, 0) is 86.0 Å². The van der Waals surface area contributed by atoms with E-state index in [2.05, 4.69) is 53.3 Å². The molecule has 0 N–H and O–H groups in total. The van der Waals surface area contributed by atoms with Crippen molar-refractivity contribution in [3.63, 3.8) is 0 Å². The molecule has 222 valence electrons. The zero-order chi connectivity index (χ0) is 28.3. The summed E-state index contributed by atoms with van der Waals surface area (Å²) in [7, 11) is 0. The van der Waals surface area contributed by atoms with Crippen molar-refractivity contribution in [2.75, 3.05) is 0 Å². The SMILES string of the molecule is C=C1CC[C@H](OC(=O)CCCCCCCCC)C/C1=C/C=C1\CCC[C@@]2(C)C1CC[C@@H]2[C@H](C)CCCC(C)C. The van der Waals surface area contributed by atoms with Gasteiger partial charge in [-0.25, -0.2) is 0 Å². The van der Waals surface area contributed by atoms with Crippen LogP contribution < -0.4 is 0 Å². The molecule has 0 amide bonds. The summed E-state index contributed by atoms with van der Waals surface area (Å²) in [5, 5.41) is 0. The second-order valence-corrected chi connectivity index (χ2v) is 14.2. The van der Waals surface area contributed by atoms with Gasteiger partial charge in [0.25, 0.3) is 0 Å². The normalized spacial score (nSPS) is 30.2. The fourth-order valence-electron chi connectivity index (χ4n) is 8.22. The van der Waals surface area contributed by atoms with Crippen molar-refractivity contribution in [3.8, 4) is 0 Å². The zero-order valence-corrected chi connectivity index (χ0v) is 26.5. The topological polar surface area (TPSA) is 26.3 Å². The van der Waals surface area contributed by atoms with Crippen LogP contribution in [0.15, 0.2) is 35.5 Å². The van der Waals surface area contributed by atoms with Crippen LogP contribution in [-0.2, 0) is 9.53 Å². The number of ether oxygens (including phenoxy) is 1. The predicted molar refractivity (Wildman–Crippen MR) is 168 cm³/mol. The second kappa shape index (κ2) is 16.2. The molecule has 0 aromatic rings. The van der Waals surface area contributed by atoms with E-state index < -0.39 is 0 Å². The number of rotatable bonds is 15. The van der Waals surface area contributed by atoms with Crippen LogP contribution in [0.2, 0.25) is 0 Å². The summed E-state index contributed by atoms with van der Waals surface area (Å²) >= 11 is 0. The van der Waals surface area contributed by atoms with Gasteiger partial charge in [0.2, 0.25) is 0 Å². The Morgan fingerprint density at radius 2 is 1.72 bits per heavy atom. The Kier molecular flexibility index (Phi) is 13.4. The van der Waals surface area contributed by atoms with E-state index in [0.717, 1.165) is 55.8 Å². The molecular weight excluding hydrogens is 476 g/mol. The van der Waals surface area contributed by atoms with Crippen LogP contribution in [0.5, 0.6) is 0 Å². The first-order valence-electron chi connectivity index (χ1n) is 17.0. The van der Waals surface area contributed by atoms with Gasteiger partial charge in [-0.2, -0.15) is 0 Å². The van der Waals surface area contributed by atoms with E-state index in [4.69, 9.17) is 4.74 Å². The smallest absolute Gasteiger partial charge is 0.306 e. The number of allylic oxidation sites excluding steroid dienone is 4. The van der Waals surface area contributed by atoms with Crippen molar-refractivity contribution in [2.45, 2.75) is 163 Å².